The van der Waals surface area contributed by atoms with Crippen LogP contribution in [0.4, 0.5) is 5.69 Å². The van der Waals surface area contributed by atoms with E-state index < -0.39 is 0 Å². The van der Waals surface area contributed by atoms with Crippen LogP contribution in [0.3, 0.4) is 0 Å². The first-order chi connectivity index (χ1) is 7.24. The smallest absolute Gasteiger partial charge is 0.133 e. The van der Waals surface area contributed by atoms with Crippen molar-refractivity contribution in [3.8, 4) is 0 Å². The minimum atomic E-state index is 0.116. The summed E-state index contributed by atoms with van der Waals surface area (Å²) in [5, 5.41) is 0. The largest absolute Gasteiger partial charge is 0.343 e. The molecule has 2 rings (SSSR count). The molecule has 0 aliphatic carbocycles. The van der Waals surface area contributed by atoms with Crippen molar-refractivity contribution >= 4 is 11.9 Å². The molecule has 1 aliphatic rings. The zero-order chi connectivity index (χ0) is 10.8. The Hall–Kier alpha value is -1.35. The summed E-state index contributed by atoms with van der Waals surface area (Å²) in [7, 11) is 0. The molecule has 15 heavy (non-hydrogen) atoms. The Labute approximate surface area is 90.6 Å². The number of aliphatic imine (C=N–C) groups is 1. The molecule has 3 nitrogen and oxygen atoms in total. The molecule has 3 heteroatoms. The first-order valence-corrected chi connectivity index (χ1v) is 5.28. The molecule has 0 amide bonds. The summed E-state index contributed by atoms with van der Waals surface area (Å²) in [6.07, 6.45) is 2.06. The third-order valence-corrected chi connectivity index (χ3v) is 3.01. The standard InChI is InChI=1S/C12H17N3/c1-9-4-3-5-11(10(9)2)15-7-6-14-12(15)8-13/h3-6,12H,7-8,13H2,1-2H3. The highest BCUT2D eigenvalue weighted by Crippen LogP contribution is 2.25. The van der Waals surface area contributed by atoms with E-state index >= 15 is 0 Å². The van der Waals surface area contributed by atoms with Crippen molar-refractivity contribution in [2.24, 2.45) is 10.7 Å². The van der Waals surface area contributed by atoms with Gasteiger partial charge in [0.2, 0.25) is 0 Å². The summed E-state index contributed by atoms with van der Waals surface area (Å²) >= 11 is 0. The van der Waals surface area contributed by atoms with Crippen LogP contribution in [0.1, 0.15) is 11.1 Å². The van der Waals surface area contributed by atoms with Gasteiger partial charge in [0.15, 0.2) is 0 Å². The van der Waals surface area contributed by atoms with Gasteiger partial charge in [-0.25, -0.2) is 0 Å². The molecule has 1 heterocycles. The van der Waals surface area contributed by atoms with Crippen LogP contribution in [0, 0.1) is 13.8 Å². The highest BCUT2D eigenvalue weighted by molar-refractivity contribution is 5.72. The van der Waals surface area contributed by atoms with E-state index in [9.17, 15) is 0 Å². The van der Waals surface area contributed by atoms with Crippen LogP contribution in [-0.4, -0.2) is 25.5 Å². The number of rotatable bonds is 2. The van der Waals surface area contributed by atoms with E-state index in [1.807, 2.05) is 6.21 Å². The molecule has 80 valence electrons. The molecule has 1 unspecified atom stereocenters. The van der Waals surface area contributed by atoms with E-state index in [2.05, 4.69) is 41.9 Å². The first-order valence-electron chi connectivity index (χ1n) is 5.28. The lowest BCUT2D eigenvalue weighted by atomic mass is 10.1. The second-order valence-corrected chi connectivity index (χ2v) is 3.92. The zero-order valence-corrected chi connectivity index (χ0v) is 9.27. The van der Waals surface area contributed by atoms with E-state index in [4.69, 9.17) is 5.73 Å². The summed E-state index contributed by atoms with van der Waals surface area (Å²) in [6.45, 7) is 5.72. The van der Waals surface area contributed by atoms with Crippen LogP contribution >= 0.6 is 0 Å². The summed E-state index contributed by atoms with van der Waals surface area (Å²) < 4.78 is 0. The van der Waals surface area contributed by atoms with Crippen molar-refractivity contribution in [1.82, 2.24) is 0 Å². The lowest BCUT2D eigenvalue weighted by Crippen LogP contribution is -2.36. The van der Waals surface area contributed by atoms with Gasteiger partial charge in [-0.2, -0.15) is 0 Å². The maximum absolute atomic E-state index is 5.69. The van der Waals surface area contributed by atoms with Gasteiger partial charge in [-0.15, -0.1) is 0 Å². The van der Waals surface area contributed by atoms with Gasteiger partial charge < -0.3 is 10.6 Å². The average molecular weight is 203 g/mol. The minimum absolute atomic E-state index is 0.116. The number of anilines is 1. The van der Waals surface area contributed by atoms with Crippen LogP contribution < -0.4 is 10.6 Å². The summed E-state index contributed by atoms with van der Waals surface area (Å²) in [4.78, 5) is 6.61. The molecular weight excluding hydrogens is 186 g/mol. The van der Waals surface area contributed by atoms with Gasteiger partial charge in [-0.3, -0.25) is 4.99 Å². The minimum Gasteiger partial charge on any atom is -0.343 e. The molecule has 1 aromatic rings. The third-order valence-electron chi connectivity index (χ3n) is 3.01. The summed E-state index contributed by atoms with van der Waals surface area (Å²) in [5.41, 5.74) is 9.58. The van der Waals surface area contributed by atoms with Crippen LogP contribution in [0.5, 0.6) is 0 Å². The number of hydrogen-bond donors (Lipinski definition) is 1. The van der Waals surface area contributed by atoms with Gasteiger partial charge in [-0.1, -0.05) is 12.1 Å². The number of aryl methyl sites for hydroxylation is 1. The number of hydrogen-bond acceptors (Lipinski definition) is 3. The van der Waals surface area contributed by atoms with E-state index in [1.165, 1.54) is 16.8 Å². The monoisotopic (exact) mass is 203 g/mol. The molecule has 0 radical (unpaired) electrons. The van der Waals surface area contributed by atoms with Crippen LogP contribution in [0.25, 0.3) is 0 Å². The van der Waals surface area contributed by atoms with Crippen molar-refractivity contribution in [3.05, 3.63) is 29.3 Å². The Morgan fingerprint density at radius 2 is 2.27 bits per heavy atom. The van der Waals surface area contributed by atoms with Gasteiger partial charge in [0.25, 0.3) is 0 Å². The molecule has 0 saturated carbocycles. The van der Waals surface area contributed by atoms with Crippen molar-refractivity contribution in [3.63, 3.8) is 0 Å². The molecule has 0 spiro atoms. The summed E-state index contributed by atoms with van der Waals surface area (Å²) in [6, 6.07) is 6.36. The average Bonchev–Trinajstić information content (AvgIpc) is 2.70. The number of benzene rings is 1. The van der Waals surface area contributed by atoms with Crippen LogP contribution in [0.2, 0.25) is 0 Å². The Balaban J connectivity index is 2.34. The van der Waals surface area contributed by atoms with Crippen molar-refractivity contribution in [2.45, 2.75) is 20.0 Å². The normalized spacial score (nSPS) is 19.9. The van der Waals surface area contributed by atoms with Gasteiger partial charge in [0, 0.05) is 18.4 Å². The van der Waals surface area contributed by atoms with Gasteiger partial charge in [-0.05, 0) is 31.0 Å². The predicted molar refractivity (Wildman–Crippen MR) is 64.6 cm³/mol. The maximum Gasteiger partial charge on any atom is 0.133 e. The second kappa shape index (κ2) is 4.03. The van der Waals surface area contributed by atoms with Crippen molar-refractivity contribution in [2.75, 3.05) is 18.0 Å². The van der Waals surface area contributed by atoms with E-state index in [-0.39, 0.29) is 6.17 Å². The molecule has 1 atom stereocenters. The van der Waals surface area contributed by atoms with Gasteiger partial charge >= 0.3 is 0 Å². The Kier molecular flexibility index (Phi) is 2.73. The van der Waals surface area contributed by atoms with Crippen molar-refractivity contribution in [1.29, 1.82) is 0 Å². The topological polar surface area (TPSA) is 41.6 Å². The van der Waals surface area contributed by atoms with E-state index in [1.54, 1.807) is 0 Å². The fraction of sp³-hybridized carbons (Fsp3) is 0.417. The number of nitrogens with two attached hydrogens (primary N) is 1. The lowest BCUT2D eigenvalue weighted by Gasteiger charge is -2.26. The van der Waals surface area contributed by atoms with E-state index in [0.29, 0.717) is 6.54 Å². The quantitative estimate of drug-likeness (QED) is 0.791. The predicted octanol–water partition coefficient (Wildman–Crippen LogP) is 1.48. The maximum atomic E-state index is 5.69. The Bertz CT molecular complexity index is 384. The molecule has 1 aliphatic heterocycles. The van der Waals surface area contributed by atoms with Crippen molar-refractivity contribution < 1.29 is 0 Å². The number of nitrogens with zero attached hydrogens (tertiary/aromatic N) is 2. The molecule has 0 saturated heterocycles. The Morgan fingerprint density at radius 3 is 3.00 bits per heavy atom. The first kappa shape index (κ1) is 10.2. The molecule has 0 bridgehead atoms. The fourth-order valence-corrected chi connectivity index (χ4v) is 1.95. The molecule has 2 N–H and O–H groups in total. The second-order valence-electron chi connectivity index (χ2n) is 3.92. The van der Waals surface area contributed by atoms with Gasteiger partial charge in [0.05, 0.1) is 6.54 Å². The van der Waals surface area contributed by atoms with E-state index in [0.717, 1.165) is 6.54 Å². The lowest BCUT2D eigenvalue weighted by molar-refractivity contribution is 0.685. The molecule has 0 fully saturated rings. The van der Waals surface area contributed by atoms with Crippen LogP contribution in [0.15, 0.2) is 23.2 Å². The molecular formula is C12H17N3. The fourth-order valence-electron chi connectivity index (χ4n) is 1.95. The highest BCUT2D eigenvalue weighted by atomic mass is 15.3. The Morgan fingerprint density at radius 1 is 1.47 bits per heavy atom. The SMILES string of the molecule is Cc1cccc(N2CC=NC2CN)c1C. The van der Waals surface area contributed by atoms with Crippen LogP contribution in [-0.2, 0) is 0 Å². The molecule has 0 aromatic heterocycles. The third kappa shape index (κ3) is 1.75. The molecule has 1 aromatic carbocycles. The highest BCUT2D eigenvalue weighted by Gasteiger charge is 2.21. The van der Waals surface area contributed by atoms with Gasteiger partial charge in [0.1, 0.15) is 6.17 Å². The zero-order valence-electron chi connectivity index (χ0n) is 9.27. The summed E-state index contributed by atoms with van der Waals surface area (Å²) in [5.74, 6) is 0.